The number of carbonyl (C=O) groups is 1. The van der Waals surface area contributed by atoms with Crippen molar-refractivity contribution in [3.05, 3.63) is 70.6 Å². The third-order valence-corrected chi connectivity index (χ3v) is 5.06. The standard InChI is InChI=1S/C22H22N2O4/c1-27-17-5-4-12-24(14-17)16-10-8-15(9-11-16)23-22(26)21-13-19(25)18-6-2-3-7-20(18)28-21/h2-3,6-11,13,17H,4-5,12,14H2,1H3,(H,23,26). The summed E-state index contributed by atoms with van der Waals surface area (Å²) in [5.41, 5.74) is 1.90. The molecule has 3 aromatic rings. The lowest BCUT2D eigenvalue weighted by Crippen LogP contribution is -2.39. The summed E-state index contributed by atoms with van der Waals surface area (Å²) >= 11 is 0. The Morgan fingerprint density at radius 2 is 1.96 bits per heavy atom. The van der Waals surface area contributed by atoms with Gasteiger partial charge in [-0.15, -0.1) is 0 Å². The zero-order chi connectivity index (χ0) is 19.5. The Hall–Kier alpha value is -3.12. The number of fused-ring (bicyclic) bond motifs is 1. The molecule has 0 saturated carbocycles. The second kappa shape index (κ2) is 7.86. The quantitative estimate of drug-likeness (QED) is 0.750. The predicted octanol–water partition coefficient (Wildman–Crippen LogP) is 3.66. The third kappa shape index (κ3) is 3.77. The van der Waals surface area contributed by atoms with E-state index in [0.717, 1.165) is 31.6 Å². The van der Waals surface area contributed by atoms with Crippen LogP contribution in [0, 0.1) is 0 Å². The topological polar surface area (TPSA) is 71.8 Å². The van der Waals surface area contributed by atoms with Crippen molar-refractivity contribution in [1.82, 2.24) is 0 Å². The smallest absolute Gasteiger partial charge is 0.291 e. The Kier molecular flexibility index (Phi) is 5.12. The predicted molar refractivity (Wildman–Crippen MR) is 109 cm³/mol. The zero-order valence-corrected chi connectivity index (χ0v) is 15.7. The largest absolute Gasteiger partial charge is 0.451 e. The number of carbonyl (C=O) groups excluding carboxylic acids is 1. The average Bonchev–Trinajstić information content (AvgIpc) is 2.74. The Bertz CT molecular complexity index is 1040. The zero-order valence-electron chi connectivity index (χ0n) is 15.7. The van der Waals surface area contributed by atoms with Crippen molar-refractivity contribution in [2.75, 3.05) is 30.4 Å². The van der Waals surface area contributed by atoms with Gasteiger partial charge < -0.3 is 19.4 Å². The molecule has 0 spiro atoms. The molecule has 1 amide bonds. The summed E-state index contributed by atoms with van der Waals surface area (Å²) in [6.45, 7) is 1.86. The molecule has 1 fully saturated rings. The Morgan fingerprint density at radius 1 is 1.18 bits per heavy atom. The summed E-state index contributed by atoms with van der Waals surface area (Å²) in [5, 5.41) is 3.24. The highest BCUT2D eigenvalue weighted by Gasteiger charge is 2.19. The van der Waals surface area contributed by atoms with Crippen molar-refractivity contribution in [3.8, 4) is 0 Å². The summed E-state index contributed by atoms with van der Waals surface area (Å²) in [5.74, 6) is -0.459. The molecule has 0 bridgehead atoms. The van der Waals surface area contributed by atoms with Gasteiger partial charge in [0.2, 0.25) is 0 Å². The van der Waals surface area contributed by atoms with Crippen LogP contribution in [0.25, 0.3) is 11.0 Å². The first-order valence-electron chi connectivity index (χ1n) is 9.36. The Morgan fingerprint density at radius 3 is 2.75 bits per heavy atom. The molecule has 28 heavy (non-hydrogen) atoms. The first kappa shape index (κ1) is 18.3. The van der Waals surface area contributed by atoms with Gasteiger partial charge in [-0.2, -0.15) is 0 Å². The normalized spacial score (nSPS) is 16.9. The number of para-hydroxylation sites is 1. The van der Waals surface area contributed by atoms with Crippen LogP contribution in [0.5, 0.6) is 0 Å². The highest BCUT2D eigenvalue weighted by Crippen LogP contribution is 2.23. The van der Waals surface area contributed by atoms with E-state index in [1.165, 1.54) is 6.07 Å². The van der Waals surface area contributed by atoms with E-state index < -0.39 is 5.91 Å². The molecule has 6 heteroatoms. The fraction of sp³-hybridized carbons (Fsp3) is 0.273. The Balaban J connectivity index is 1.48. The number of ether oxygens (including phenoxy) is 1. The van der Waals surface area contributed by atoms with Crippen LogP contribution in [0.2, 0.25) is 0 Å². The minimum absolute atomic E-state index is 0.00764. The summed E-state index contributed by atoms with van der Waals surface area (Å²) in [7, 11) is 1.75. The van der Waals surface area contributed by atoms with Gasteiger partial charge >= 0.3 is 0 Å². The van der Waals surface area contributed by atoms with Gasteiger partial charge in [0.25, 0.3) is 5.91 Å². The summed E-state index contributed by atoms with van der Waals surface area (Å²) in [6, 6.07) is 15.8. The van der Waals surface area contributed by atoms with E-state index in [0.29, 0.717) is 16.7 Å². The van der Waals surface area contributed by atoms with Crippen molar-refractivity contribution in [3.63, 3.8) is 0 Å². The molecule has 144 valence electrons. The van der Waals surface area contributed by atoms with Gasteiger partial charge in [-0.3, -0.25) is 9.59 Å². The number of hydrogen-bond acceptors (Lipinski definition) is 5. The van der Waals surface area contributed by atoms with Crippen LogP contribution in [0.3, 0.4) is 0 Å². The molecular weight excluding hydrogens is 356 g/mol. The van der Waals surface area contributed by atoms with E-state index in [9.17, 15) is 9.59 Å². The minimum atomic E-state index is -0.451. The lowest BCUT2D eigenvalue weighted by molar-refractivity contribution is 0.0893. The number of piperidine rings is 1. The molecule has 0 aliphatic carbocycles. The summed E-state index contributed by atoms with van der Waals surface area (Å²) in [6.07, 6.45) is 2.43. The maximum absolute atomic E-state index is 12.5. The van der Waals surface area contributed by atoms with Gasteiger partial charge in [-0.25, -0.2) is 0 Å². The maximum atomic E-state index is 12.5. The van der Waals surface area contributed by atoms with Gasteiger partial charge in [0.1, 0.15) is 5.58 Å². The fourth-order valence-electron chi connectivity index (χ4n) is 3.53. The first-order chi connectivity index (χ1) is 13.6. The van der Waals surface area contributed by atoms with E-state index in [1.54, 1.807) is 31.4 Å². The monoisotopic (exact) mass is 378 g/mol. The molecule has 1 aliphatic rings. The highest BCUT2D eigenvalue weighted by atomic mass is 16.5. The lowest BCUT2D eigenvalue weighted by atomic mass is 10.1. The molecule has 1 aromatic heterocycles. The minimum Gasteiger partial charge on any atom is -0.451 e. The van der Waals surface area contributed by atoms with Crippen LogP contribution >= 0.6 is 0 Å². The van der Waals surface area contributed by atoms with Crippen LogP contribution in [0.4, 0.5) is 11.4 Å². The van der Waals surface area contributed by atoms with Crippen molar-refractivity contribution < 1.29 is 13.9 Å². The molecule has 1 unspecified atom stereocenters. The van der Waals surface area contributed by atoms with E-state index >= 15 is 0 Å². The molecule has 2 aromatic carbocycles. The van der Waals surface area contributed by atoms with E-state index in [-0.39, 0.29) is 17.3 Å². The summed E-state index contributed by atoms with van der Waals surface area (Å²) in [4.78, 5) is 27.0. The highest BCUT2D eigenvalue weighted by molar-refractivity contribution is 6.03. The molecule has 6 nitrogen and oxygen atoms in total. The number of nitrogens with zero attached hydrogens (tertiary/aromatic N) is 1. The van der Waals surface area contributed by atoms with Crippen molar-refractivity contribution in [2.24, 2.45) is 0 Å². The molecule has 4 rings (SSSR count). The number of hydrogen-bond donors (Lipinski definition) is 1. The molecule has 0 radical (unpaired) electrons. The van der Waals surface area contributed by atoms with E-state index in [4.69, 9.17) is 9.15 Å². The van der Waals surface area contributed by atoms with Gasteiger partial charge in [-0.05, 0) is 49.2 Å². The van der Waals surface area contributed by atoms with Crippen molar-refractivity contribution >= 4 is 28.3 Å². The maximum Gasteiger partial charge on any atom is 0.291 e. The van der Waals surface area contributed by atoms with Crippen molar-refractivity contribution in [1.29, 1.82) is 0 Å². The molecular formula is C22H22N2O4. The number of anilines is 2. The number of rotatable bonds is 4. The van der Waals surface area contributed by atoms with Crippen LogP contribution in [0.15, 0.2) is 63.8 Å². The first-order valence-corrected chi connectivity index (χ1v) is 9.36. The molecule has 1 aliphatic heterocycles. The molecule has 2 heterocycles. The van der Waals surface area contributed by atoms with E-state index in [1.807, 2.05) is 24.3 Å². The number of nitrogens with one attached hydrogen (secondary N) is 1. The van der Waals surface area contributed by atoms with Crippen LogP contribution < -0.4 is 15.6 Å². The summed E-state index contributed by atoms with van der Waals surface area (Å²) < 4.78 is 11.1. The fourth-order valence-corrected chi connectivity index (χ4v) is 3.53. The van der Waals surface area contributed by atoms with Gasteiger partial charge in [0, 0.05) is 37.6 Å². The van der Waals surface area contributed by atoms with Crippen LogP contribution in [-0.4, -0.2) is 32.2 Å². The number of amides is 1. The van der Waals surface area contributed by atoms with Crippen LogP contribution in [0.1, 0.15) is 23.4 Å². The van der Waals surface area contributed by atoms with Crippen molar-refractivity contribution in [2.45, 2.75) is 18.9 Å². The second-order valence-corrected chi connectivity index (χ2v) is 6.92. The molecule has 1 N–H and O–H groups in total. The molecule has 1 saturated heterocycles. The Labute approximate surface area is 162 Å². The van der Waals surface area contributed by atoms with Crippen LogP contribution in [-0.2, 0) is 4.74 Å². The number of methoxy groups -OCH3 is 1. The average molecular weight is 378 g/mol. The SMILES string of the molecule is COC1CCCN(c2ccc(NC(=O)c3cc(=O)c4ccccc4o3)cc2)C1. The second-order valence-electron chi connectivity index (χ2n) is 6.92. The van der Waals surface area contributed by atoms with Gasteiger partial charge in [0.05, 0.1) is 11.5 Å². The molecule has 1 atom stereocenters. The number of benzene rings is 2. The van der Waals surface area contributed by atoms with Gasteiger partial charge in [0.15, 0.2) is 11.2 Å². The van der Waals surface area contributed by atoms with Gasteiger partial charge in [-0.1, -0.05) is 12.1 Å². The lowest BCUT2D eigenvalue weighted by Gasteiger charge is -2.33. The van der Waals surface area contributed by atoms with E-state index in [2.05, 4.69) is 10.2 Å². The third-order valence-electron chi connectivity index (χ3n) is 5.06.